The van der Waals surface area contributed by atoms with Crippen molar-refractivity contribution in [3.05, 3.63) is 59.3 Å². The zero-order valence-electron chi connectivity index (χ0n) is 14.2. The monoisotopic (exact) mass is 328 g/mol. The number of aryl methyl sites for hydroxylation is 1. The van der Waals surface area contributed by atoms with Crippen LogP contribution in [0, 0.1) is 19.7 Å². The molecule has 0 amide bonds. The van der Waals surface area contributed by atoms with Gasteiger partial charge in [-0.15, -0.1) is 0 Å². The van der Waals surface area contributed by atoms with Gasteiger partial charge < -0.3 is 14.0 Å². The topological polar surface area (TPSA) is 36.3 Å². The van der Waals surface area contributed by atoms with Crippen molar-refractivity contribution < 1.29 is 13.9 Å². The molecule has 1 aromatic carbocycles. The molecule has 2 heterocycles. The molecular weight excluding hydrogens is 307 g/mol. The van der Waals surface area contributed by atoms with E-state index in [4.69, 9.17) is 9.47 Å². The van der Waals surface area contributed by atoms with Crippen LogP contribution in [0.5, 0.6) is 5.75 Å². The third-order valence-corrected chi connectivity index (χ3v) is 4.33. The lowest BCUT2D eigenvalue weighted by atomic mass is 10.2. The number of rotatable bonds is 6. The number of pyridine rings is 1. The summed E-state index contributed by atoms with van der Waals surface area (Å²) in [6, 6.07) is 8.05. The molecule has 0 fully saturated rings. The maximum atomic E-state index is 13.0. The van der Waals surface area contributed by atoms with E-state index in [9.17, 15) is 4.39 Å². The van der Waals surface area contributed by atoms with Crippen molar-refractivity contribution in [1.82, 2.24) is 9.55 Å². The van der Waals surface area contributed by atoms with Crippen LogP contribution in [0.2, 0.25) is 0 Å². The fraction of sp³-hybridized carbons (Fsp3) is 0.316. The fourth-order valence-electron chi connectivity index (χ4n) is 2.92. The quantitative estimate of drug-likeness (QED) is 0.686. The minimum atomic E-state index is -0.276. The maximum Gasteiger partial charge on any atom is 0.132 e. The molecule has 0 aliphatic rings. The summed E-state index contributed by atoms with van der Waals surface area (Å²) >= 11 is 0. The number of hydrogen-bond acceptors (Lipinski definition) is 3. The SMILES string of the molecule is COCCn1c(C)c(C)c2ccnc(COc3ccc(F)cc3)c21. The second kappa shape index (κ2) is 7.01. The zero-order valence-corrected chi connectivity index (χ0v) is 14.2. The van der Waals surface area contributed by atoms with Crippen molar-refractivity contribution in [2.24, 2.45) is 0 Å². The number of hydrogen-bond donors (Lipinski definition) is 0. The first-order valence-corrected chi connectivity index (χ1v) is 7.92. The van der Waals surface area contributed by atoms with E-state index >= 15 is 0 Å². The van der Waals surface area contributed by atoms with Gasteiger partial charge in [-0.2, -0.15) is 0 Å². The van der Waals surface area contributed by atoms with E-state index in [0.717, 1.165) is 17.8 Å². The highest BCUT2D eigenvalue weighted by Crippen LogP contribution is 2.27. The molecule has 0 N–H and O–H groups in total. The Labute approximate surface area is 140 Å². The first kappa shape index (κ1) is 16.5. The standard InChI is InChI=1S/C19H21FN2O2/c1-13-14(2)22(10-11-23-3)19-17(13)8-9-21-18(19)12-24-16-6-4-15(20)5-7-16/h4-9H,10-12H2,1-3H3. The van der Waals surface area contributed by atoms with E-state index in [1.807, 2.05) is 6.07 Å². The smallest absolute Gasteiger partial charge is 0.132 e. The summed E-state index contributed by atoms with van der Waals surface area (Å²) < 4.78 is 26.2. The molecule has 3 rings (SSSR count). The summed E-state index contributed by atoms with van der Waals surface area (Å²) in [5.41, 5.74) is 4.39. The summed E-state index contributed by atoms with van der Waals surface area (Å²) in [5, 5.41) is 1.18. The molecule has 0 saturated carbocycles. The van der Waals surface area contributed by atoms with E-state index < -0.39 is 0 Å². The Kier molecular flexibility index (Phi) is 4.81. The molecule has 0 bridgehead atoms. The summed E-state index contributed by atoms with van der Waals surface area (Å²) in [4.78, 5) is 4.50. The lowest BCUT2D eigenvalue weighted by Crippen LogP contribution is -2.09. The highest BCUT2D eigenvalue weighted by atomic mass is 19.1. The van der Waals surface area contributed by atoms with Crippen LogP contribution in [-0.2, 0) is 17.9 Å². The van der Waals surface area contributed by atoms with Gasteiger partial charge in [0.1, 0.15) is 23.9 Å². The van der Waals surface area contributed by atoms with Gasteiger partial charge in [-0.25, -0.2) is 4.39 Å². The Morgan fingerprint density at radius 3 is 2.58 bits per heavy atom. The van der Waals surface area contributed by atoms with Gasteiger partial charge >= 0.3 is 0 Å². The number of methoxy groups -OCH3 is 1. The minimum Gasteiger partial charge on any atom is -0.487 e. The number of nitrogens with zero attached hydrogens (tertiary/aromatic N) is 2. The Morgan fingerprint density at radius 2 is 1.88 bits per heavy atom. The van der Waals surface area contributed by atoms with Crippen LogP contribution in [0.4, 0.5) is 4.39 Å². The summed E-state index contributed by atoms with van der Waals surface area (Å²) in [7, 11) is 1.70. The Morgan fingerprint density at radius 1 is 1.12 bits per heavy atom. The van der Waals surface area contributed by atoms with Crippen LogP contribution in [0.3, 0.4) is 0 Å². The molecule has 126 valence electrons. The third-order valence-electron chi connectivity index (χ3n) is 4.33. The van der Waals surface area contributed by atoms with Crippen molar-refractivity contribution in [2.75, 3.05) is 13.7 Å². The molecule has 0 aliphatic carbocycles. The van der Waals surface area contributed by atoms with E-state index in [0.29, 0.717) is 19.0 Å². The maximum absolute atomic E-state index is 13.0. The first-order chi connectivity index (χ1) is 11.6. The molecule has 4 nitrogen and oxygen atoms in total. The second-order valence-corrected chi connectivity index (χ2v) is 5.75. The largest absolute Gasteiger partial charge is 0.487 e. The molecule has 3 aromatic rings. The van der Waals surface area contributed by atoms with E-state index in [1.54, 1.807) is 25.4 Å². The molecule has 0 spiro atoms. The van der Waals surface area contributed by atoms with Crippen LogP contribution < -0.4 is 4.74 Å². The Hall–Kier alpha value is -2.40. The normalized spacial score (nSPS) is 11.2. The third kappa shape index (κ3) is 3.12. The molecule has 5 heteroatoms. The average Bonchev–Trinajstić information content (AvgIpc) is 2.84. The van der Waals surface area contributed by atoms with E-state index in [-0.39, 0.29) is 5.82 Å². The summed E-state index contributed by atoms with van der Waals surface area (Å²) in [6.07, 6.45) is 1.80. The molecule has 2 aromatic heterocycles. The van der Waals surface area contributed by atoms with Gasteiger partial charge in [-0.1, -0.05) is 0 Å². The predicted octanol–water partition coefficient (Wildman–Crippen LogP) is 4.02. The molecule has 0 unspecified atom stereocenters. The van der Waals surface area contributed by atoms with Crippen molar-refractivity contribution in [3.8, 4) is 5.75 Å². The Bertz CT molecular complexity index is 841. The minimum absolute atomic E-state index is 0.276. The number of aromatic nitrogens is 2. The summed E-state index contributed by atoms with van der Waals surface area (Å²) in [6.45, 7) is 5.96. The van der Waals surface area contributed by atoms with Gasteiger partial charge in [0.2, 0.25) is 0 Å². The molecule has 0 atom stereocenters. The molecular formula is C19H21FN2O2. The van der Waals surface area contributed by atoms with Gasteiger partial charge in [0, 0.05) is 30.9 Å². The highest BCUT2D eigenvalue weighted by molar-refractivity contribution is 5.86. The Balaban J connectivity index is 1.95. The second-order valence-electron chi connectivity index (χ2n) is 5.75. The zero-order chi connectivity index (χ0) is 17.1. The van der Waals surface area contributed by atoms with Crippen molar-refractivity contribution in [1.29, 1.82) is 0 Å². The van der Waals surface area contributed by atoms with Crippen molar-refractivity contribution >= 4 is 10.9 Å². The van der Waals surface area contributed by atoms with Gasteiger partial charge in [0.25, 0.3) is 0 Å². The average molecular weight is 328 g/mol. The molecule has 0 saturated heterocycles. The van der Waals surface area contributed by atoms with Crippen LogP contribution in [0.25, 0.3) is 10.9 Å². The van der Waals surface area contributed by atoms with Crippen LogP contribution in [0.15, 0.2) is 36.5 Å². The number of fused-ring (bicyclic) bond motifs is 1. The van der Waals surface area contributed by atoms with E-state index in [1.165, 1.54) is 28.8 Å². The lowest BCUT2D eigenvalue weighted by molar-refractivity contribution is 0.187. The lowest BCUT2D eigenvalue weighted by Gasteiger charge is -2.11. The molecule has 0 aliphatic heterocycles. The van der Waals surface area contributed by atoms with Gasteiger partial charge in [0.15, 0.2) is 0 Å². The fourth-order valence-corrected chi connectivity index (χ4v) is 2.92. The predicted molar refractivity (Wildman–Crippen MR) is 91.8 cm³/mol. The van der Waals surface area contributed by atoms with Gasteiger partial charge in [-0.3, -0.25) is 4.98 Å². The van der Waals surface area contributed by atoms with E-state index in [2.05, 4.69) is 23.4 Å². The van der Waals surface area contributed by atoms with Crippen molar-refractivity contribution in [2.45, 2.75) is 27.0 Å². The summed E-state index contributed by atoms with van der Waals surface area (Å²) in [5.74, 6) is 0.348. The first-order valence-electron chi connectivity index (χ1n) is 7.92. The van der Waals surface area contributed by atoms with Gasteiger partial charge in [0.05, 0.1) is 12.1 Å². The molecule has 0 radical (unpaired) electrons. The van der Waals surface area contributed by atoms with Crippen LogP contribution in [-0.4, -0.2) is 23.3 Å². The number of ether oxygens (including phenoxy) is 2. The van der Waals surface area contributed by atoms with Crippen molar-refractivity contribution in [3.63, 3.8) is 0 Å². The molecule has 24 heavy (non-hydrogen) atoms. The number of halogens is 1. The van der Waals surface area contributed by atoms with Gasteiger partial charge in [-0.05, 0) is 49.7 Å². The highest BCUT2D eigenvalue weighted by Gasteiger charge is 2.15. The van der Waals surface area contributed by atoms with Crippen LogP contribution >= 0.6 is 0 Å². The van der Waals surface area contributed by atoms with Crippen LogP contribution in [0.1, 0.15) is 17.0 Å². The number of benzene rings is 1.